The number of rotatable bonds is 1. The summed E-state index contributed by atoms with van der Waals surface area (Å²) in [7, 11) is 2.18. The first-order valence-corrected chi connectivity index (χ1v) is 5.96. The summed E-state index contributed by atoms with van der Waals surface area (Å²) in [6, 6.07) is 4.22. The van der Waals surface area contributed by atoms with E-state index in [9.17, 15) is 0 Å². The van der Waals surface area contributed by atoms with Crippen LogP contribution in [0.1, 0.15) is 30.2 Å². The summed E-state index contributed by atoms with van der Waals surface area (Å²) >= 11 is 0. The lowest BCUT2D eigenvalue weighted by Gasteiger charge is -2.36. The highest BCUT2D eigenvalue weighted by molar-refractivity contribution is 5.20. The SMILES string of the molecule is Cc1cc(C2CN(C)CC3(CC3)O2)ccn1. The smallest absolute Gasteiger partial charge is 0.0961 e. The maximum absolute atomic E-state index is 6.23. The van der Waals surface area contributed by atoms with Gasteiger partial charge >= 0.3 is 0 Å². The van der Waals surface area contributed by atoms with Gasteiger partial charge in [0.05, 0.1) is 11.7 Å². The molecule has 0 bridgehead atoms. The number of likely N-dealkylation sites (N-methyl/N-ethyl adjacent to an activating group) is 1. The summed E-state index contributed by atoms with van der Waals surface area (Å²) in [5.41, 5.74) is 2.51. The molecule has 1 aliphatic carbocycles. The molecule has 0 radical (unpaired) electrons. The minimum atomic E-state index is 0.175. The Bertz CT molecular complexity index is 401. The van der Waals surface area contributed by atoms with Gasteiger partial charge in [-0.05, 0) is 44.5 Å². The van der Waals surface area contributed by atoms with Crippen LogP contribution in [-0.2, 0) is 4.74 Å². The van der Waals surface area contributed by atoms with Crippen LogP contribution in [0.15, 0.2) is 18.3 Å². The fourth-order valence-electron chi connectivity index (χ4n) is 2.57. The number of ether oxygens (including phenoxy) is 1. The van der Waals surface area contributed by atoms with Crippen molar-refractivity contribution in [1.29, 1.82) is 0 Å². The Morgan fingerprint density at radius 1 is 1.50 bits per heavy atom. The molecule has 1 aromatic heterocycles. The van der Waals surface area contributed by atoms with Crippen LogP contribution in [-0.4, -0.2) is 35.6 Å². The predicted molar refractivity (Wildman–Crippen MR) is 62.3 cm³/mol. The maximum atomic E-state index is 6.23. The zero-order chi connectivity index (χ0) is 11.2. The Labute approximate surface area is 96.4 Å². The molecule has 2 heterocycles. The second kappa shape index (κ2) is 3.54. The molecular weight excluding hydrogens is 200 g/mol. The lowest BCUT2D eigenvalue weighted by Crippen LogP contribution is -2.43. The number of aromatic nitrogens is 1. The number of morpholine rings is 1. The molecule has 1 saturated carbocycles. The molecule has 3 heteroatoms. The largest absolute Gasteiger partial charge is 0.364 e. The lowest BCUT2D eigenvalue weighted by atomic mass is 10.1. The summed E-state index contributed by atoms with van der Waals surface area (Å²) < 4.78 is 6.23. The Kier molecular flexibility index (Phi) is 2.26. The summed E-state index contributed by atoms with van der Waals surface area (Å²) in [5, 5.41) is 0. The van der Waals surface area contributed by atoms with E-state index < -0.39 is 0 Å². The first kappa shape index (κ1) is 10.2. The Hall–Kier alpha value is -0.930. The quantitative estimate of drug-likeness (QED) is 0.720. The molecule has 0 aromatic carbocycles. The van der Waals surface area contributed by atoms with E-state index in [0.29, 0.717) is 0 Å². The van der Waals surface area contributed by atoms with E-state index in [1.165, 1.54) is 18.4 Å². The van der Waals surface area contributed by atoms with Crippen molar-refractivity contribution in [3.63, 3.8) is 0 Å². The van der Waals surface area contributed by atoms with Gasteiger partial charge in [0.1, 0.15) is 0 Å². The summed E-state index contributed by atoms with van der Waals surface area (Å²) in [6.45, 7) is 4.11. The second-order valence-corrected chi connectivity index (χ2v) is 5.22. The van der Waals surface area contributed by atoms with Crippen LogP contribution >= 0.6 is 0 Å². The van der Waals surface area contributed by atoms with Crippen molar-refractivity contribution in [1.82, 2.24) is 9.88 Å². The van der Waals surface area contributed by atoms with Gasteiger partial charge in [-0.2, -0.15) is 0 Å². The molecule has 1 unspecified atom stereocenters. The van der Waals surface area contributed by atoms with Gasteiger partial charge in [0, 0.05) is 25.0 Å². The maximum Gasteiger partial charge on any atom is 0.0961 e. The van der Waals surface area contributed by atoms with Crippen LogP contribution in [0.4, 0.5) is 0 Å². The number of pyridine rings is 1. The van der Waals surface area contributed by atoms with Gasteiger partial charge in [-0.25, -0.2) is 0 Å². The van der Waals surface area contributed by atoms with E-state index in [2.05, 4.69) is 29.1 Å². The van der Waals surface area contributed by atoms with Crippen molar-refractivity contribution >= 4 is 0 Å². The molecule has 0 N–H and O–H groups in total. The zero-order valence-electron chi connectivity index (χ0n) is 9.94. The van der Waals surface area contributed by atoms with Crippen molar-refractivity contribution < 1.29 is 4.74 Å². The minimum Gasteiger partial charge on any atom is -0.364 e. The first-order chi connectivity index (χ1) is 7.67. The third-order valence-corrected chi connectivity index (χ3v) is 3.53. The van der Waals surface area contributed by atoms with Gasteiger partial charge in [0.2, 0.25) is 0 Å². The Balaban J connectivity index is 1.83. The third kappa shape index (κ3) is 1.85. The zero-order valence-corrected chi connectivity index (χ0v) is 9.94. The molecule has 1 saturated heterocycles. The molecule has 3 rings (SSSR count). The summed E-state index contributed by atoms with van der Waals surface area (Å²) in [6.07, 6.45) is 4.54. The van der Waals surface area contributed by atoms with Gasteiger partial charge in [0.15, 0.2) is 0 Å². The fraction of sp³-hybridized carbons (Fsp3) is 0.615. The Morgan fingerprint density at radius 3 is 3.00 bits per heavy atom. The van der Waals surface area contributed by atoms with Gasteiger partial charge in [0.25, 0.3) is 0 Å². The van der Waals surface area contributed by atoms with E-state index in [1.807, 2.05) is 13.1 Å². The molecule has 86 valence electrons. The molecule has 1 aliphatic heterocycles. The topological polar surface area (TPSA) is 25.4 Å². The highest BCUT2D eigenvalue weighted by Gasteiger charge is 2.49. The van der Waals surface area contributed by atoms with Crippen molar-refractivity contribution in [2.75, 3.05) is 20.1 Å². The average molecular weight is 218 g/mol. The monoisotopic (exact) mass is 218 g/mol. The van der Waals surface area contributed by atoms with Gasteiger partial charge in [-0.1, -0.05) is 0 Å². The minimum absolute atomic E-state index is 0.175. The second-order valence-electron chi connectivity index (χ2n) is 5.22. The van der Waals surface area contributed by atoms with Crippen molar-refractivity contribution in [3.8, 4) is 0 Å². The van der Waals surface area contributed by atoms with Gasteiger partial charge in [-0.3, -0.25) is 4.98 Å². The number of aryl methyl sites for hydroxylation is 1. The van der Waals surface area contributed by atoms with E-state index >= 15 is 0 Å². The van der Waals surface area contributed by atoms with E-state index in [1.54, 1.807) is 0 Å². The van der Waals surface area contributed by atoms with Crippen LogP contribution < -0.4 is 0 Å². The van der Waals surface area contributed by atoms with Crippen LogP contribution in [0.25, 0.3) is 0 Å². The number of hydrogen-bond acceptors (Lipinski definition) is 3. The highest BCUT2D eigenvalue weighted by atomic mass is 16.5. The molecule has 2 aliphatic rings. The lowest BCUT2D eigenvalue weighted by molar-refractivity contribution is -0.0969. The predicted octanol–water partition coefficient (Wildman–Crippen LogP) is 1.93. The molecule has 1 aromatic rings. The van der Waals surface area contributed by atoms with Crippen LogP contribution in [0, 0.1) is 6.92 Å². The normalized spacial score (nSPS) is 28.2. The third-order valence-electron chi connectivity index (χ3n) is 3.53. The molecule has 2 fully saturated rings. The van der Waals surface area contributed by atoms with Crippen LogP contribution in [0.5, 0.6) is 0 Å². The molecule has 1 atom stereocenters. The molecule has 3 nitrogen and oxygen atoms in total. The molecule has 1 spiro atoms. The molecular formula is C13H18N2O. The van der Waals surface area contributed by atoms with E-state index in [-0.39, 0.29) is 11.7 Å². The van der Waals surface area contributed by atoms with E-state index in [0.717, 1.165) is 18.8 Å². The number of hydrogen-bond donors (Lipinski definition) is 0. The van der Waals surface area contributed by atoms with Crippen molar-refractivity contribution in [2.45, 2.75) is 31.5 Å². The van der Waals surface area contributed by atoms with Gasteiger partial charge in [-0.15, -0.1) is 0 Å². The standard InChI is InChI=1S/C13H18N2O/c1-10-7-11(3-6-14-10)12-8-15(2)9-13(16-12)4-5-13/h3,6-7,12H,4-5,8-9H2,1-2H3. The fourth-order valence-corrected chi connectivity index (χ4v) is 2.57. The van der Waals surface area contributed by atoms with Gasteiger partial charge < -0.3 is 9.64 Å². The van der Waals surface area contributed by atoms with Crippen molar-refractivity contribution in [3.05, 3.63) is 29.6 Å². The number of nitrogens with zero attached hydrogens (tertiary/aromatic N) is 2. The first-order valence-electron chi connectivity index (χ1n) is 5.96. The van der Waals surface area contributed by atoms with Crippen LogP contribution in [0.2, 0.25) is 0 Å². The van der Waals surface area contributed by atoms with E-state index in [4.69, 9.17) is 4.74 Å². The van der Waals surface area contributed by atoms with Crippen molar-refractivity contribution in [2.24, 2.45) is 0 Å². The summed E-state index contributed by atoms with van der Waals surface area (Å²) in [5.74, 6) is 0. The summed E-state index contributed by atoms with van der Waals surface area (Å²) in [4.78, 5) is 6.62. The molecule has 16 heavy (non-hydrogen) atoms. The molecule has 0 amide bonds. The highest BCUT2D eigenvalue weighted by Crippen LogP contribution is 2.46. The van der Waals surface area contributed by atoms with Crippen LogP contribution in [0.3, 0.4) is 0 Å². The Morgan fingerprint density at radius 2 is 2.31 bits per heavy atom. The average Bonchev–Trinajstić information content (AvgIpc) is 2.96.